The van der Waals surface area contributed by atoms with Gasteiger partial charge >= 0.3 is 19.5 Å². The van der Waals surface area contributed by atoms with Crippen molar-refractivity contribution in [3.8, 4) is 0 Å². The summed E-state index contributed by atoms with van der Waals surface area (Å²) in [5.41, 5.74) is 0. The second-order valence-electron chi connectivity index (χ2n) is 2.33. The van der Waals surface area contributed by atoms with Gasteiger partial charge in [-0.15, -0.1) is 0 Å². The molecule has 0 aromatic heterocycles. The summed E-state index contributed by atoms with van der Waals surface area (Å²) < 4.78 is 0.627. The maximum atomic E-state index is 4.53. The molecule has 0 aromatic carbocycles. The van der Waals surface area contributed by atoms with Crippen LogP contribution in [0, 0.1) is 0 Å². The molecule has 88 valence electrons. The van der Waals surface area contributed by atoms with Gasteiger partial charge in [-0.1, -0.05) is 8.64 Å². The summed E-state index contributed by atoms with van der Waals surface area (Å²) in [4.78, 5) is 0. The fourth-order valence-corrected chi connectivity index (χ4v) is 3.21. The van der Waals surface area contributed by atoms with Crippen LogP contribution in [0.15, 0.2) is 0 Å². The minimum absolute atomic E-state index is 0. The predicted octanol–water partition coefficient (Wildman–Crippen LogP) is 1.25. The first-order valence-corrected chi connectivity index (χ1v) is 8.12. The molecule has 2 nitrogen and oxygen atoms in total. The van der Waals surface area contributed by atoms with Gasteiger partial charge in [-0.25, -0.2) is 0 Å². The minimum atomic E-state index is 0. The topological polar surface area (TPSA) is 24.1 Å². The Morgan fingerprint density at radius 3 is 1.44 bits per heavy atom. The van der Waals surface area contributed by atoms with Gasteiger partial charge in [-0.05, 0) is 0 Å². The zero-order valence-electron chi connectivity index (χ0n) is 8.69. The molecule has 1 rings (SSSR count). The first-order valence-electron chi connectivity index (χ1n) is 4.18. The van der Waals surface area contributed by atoms with Crippen LogP contribution in [0.25, 0.3) is 0 Å². The fourth-order valence-electron chi connectivity index (χ4n) is 0.628. The molecule has 1 heterocycles. The van der Waals surface area contributed by atoms with Gasteiger partial charge in [-0.3, -0.25) is 0 Å². The van der Waals surface area contributed by atoms with Crippen LogP contribution in [-0.2, 0) is 44.7 Å². The zero-order chi connectivity index (χ0) is 11.5. The Balaban J connectivity index is 0. The molecule has 0 aliphatic carbocycles. The van der Waals surface area contributed by atoms with Gasteiger partial charge in [-0.2, -0.15) is 23.5 Å². The average Bonchev–Trinajstić information content (AvgIpc) is 2.20. The van der Waals surface area contributed by atoms with E-state index in [-0.39, 0.29) is 19.5 Å². The van der Waals surface area contributed by atoms with E-state index in [1.54, 1.807) is 0 Å². The molecule has 9 heteroatoms. The molecule has 2 N–H and O–H groups in total. The zero-order valence-corrected chi connectivity index (χ0v) is 16.6. The summed E-state index contributed by atoms with van der Waals surface area (Å²) in [7, 11) is 0. The molecule has 0 amide bonds. The molecule has 1 fully saturated rings. The van der Waals surface area contributed by atoms with E-state index < -0.39 is 0 Å². The molecule has 0 spiro atoms. The molecule has 0 saturated carbocycles. The number of rotatable bonds is 2. The van der Waals surface area contributed by atoms with Crippen molar-refractivity contribution in [2.45, 2.75) is 0 Å². The number of thiocarbonyl (C=S) groups is 2. The summed E-state index contributed by atoms with van der Waals surface area (Å²) in [6.45, 7) is 0.421. The summed E-state index contributed by atoms with van der Waals surface area (Å²) in [6.07, 6.45) is 0. The van der Waals surface area contributed by atoms with E-state index >= 15 is 0 Å². The Hall–Kier alpha value is 1.54. The van der Waals surface area contributed by atoms with Crippen LogP contribution in [0.4, 0.5) is 0 Å². The first kappa shape index (κ1) is 19.9. The van der Waals surface area contributed by atoms with E-state index in [9.17, 15) is 0 Å². The van der Waals surface area contributed by atoms with Gasteiger partial charge in [0.05, 0.1) is 6.67 Å². The van der Waals surface area contributed by atoms with Crippen LogP contribution in [0.5, 0.6) is 0 Å². The quantitative estimate of drug-likeness (QED) is 0.319. The number of hydrogen-bond acceptors (Lipinski definition) is 6. The maximum absolute atomic E-state index is 4.53. The van der Waals surface area contributed by atoms with E-state index in [4.69, 9.17) is 0 Å². The molecule has 16 heavy (non-hydrogen) atoms. The molecule has 0 aromatic rings. The van der Waals surface area contributed by atoms with Crippen molar-refractivity contribution < 1.29 is 19.5 Å². The third-order valence-corrected chi connectivity index (χ3v) is 4.27. The standard InChI is InChI=1S/C4H8S2.C3H6N2S4.Zn/c1-2-6-4-3-5-1;6-2(7)4-1-5-3(8)9;/h1-4H2;1H2,(H2,4,6,7)(H2,5,8,9);/q;;+2/p-2. The molecule has 0 bridgehead atoms. The molecule has 0 radical (unpaired) electrons. The third-order valence-electron chi connectivity index (χ3n) is 1.21. The van der Waals surface area contributed by atoms with Gasteiger partial charge in [0.15, 0.2) is 0 Å². The number of thioether (sulfide) groups is 2. The largest absolute Gasteiger partial charge is 2.00 e. The normalized spacial score (nSPS) is 13.5. The maximum Gasteiger partial charge on any atom is 2.00 e. The fraction of sp³-hybridized carbons (Fsp3) is 0.714. The molecular weight excluding hydrogens is 370 g/mol. The van der Waals surface area contributed by atoms with Crippen LogP contribution in [-0.4, -0.2) is 38.3 Å². The summed E-state index contributed by atoms with van der Waals surface area (Å²) in [5, 5.41) is 5.32. The second kappa shape index (κ2) is 14.6. The number of nitrogens with one attached hydrogen (secondary N) is 2. The van der Waals surface area contributed by atoms with Crippen molar-refractivity contribution in [2.75, 3.05) is 29.7 Å². The third kappa shape index (κ3) is 17.9. The smallest absolute Gasteiger partial charge is 0.412 e. The molecule has 1 aliphatic rings. The van der Waals surface area contributed by atoms with E-state index in [1.807, 2.05) is 0 Å². The van der Waals surface area contributed by atoms with Crippen LogP contribution < -0.4 is 10.6 Å². The van der Waals surface area contributed by atoms with E-state index in [1.165, 1.54) is 23.0 Å². The van der Waals surface area contributed by atoms with Crippen LogP contribution >= 0.6 is 48.0 Å². The van der Waals surface area contributed by atoms with Crippen molar-refractivity contribution in [3.05, 3.63) is 0 Å². The van der Waals surface area contributed by atoms with Gasteiger partial charge < -0.3 is 60.3 Å². The van der Waals surface area contributed by atoms with Crippen LogP contribution in [0.3, 0.4) is 0 Å². The van der Waals surface area contributed by atoms with Gasteiger partial charge in [0.25, 0.3) is 0 Å². The molecule has 0 unspecified atom stereocenters. The predicted molar refractivity (Wildman–Crippen MR) is 85.7 cm³/mol. The Labute approximate surface area is 140 Å². The summed E-state index contributed by atoms with van der Waals surface area (Å²) in [6, 6.07) is 0. The van der Waals surface area contributed by atoms with Gasteiger partial charge in [0, 0.05) is 23.0 Å². The van der Waals surface area contributed by atoms with E-state index in [0.29, 0.717) is 15.3 Å². The van der Waals surface area contributed by atoms with E-state index in [2.05, 4.69) is 83.9 Å². The Morgan fingerprint density at radius 2 is 1.25 bits per heavy atom. The monoisotopic (exact) mass is 380 g/mol. The SMILES string of the molecule is C1CSCCS1.S=C([S-])NCNC(=S)[S-].[Zn+2]. The molecule has 0 atom stereocenters. The molecule has 1 aliphatic heterocycles. The van der Waals surface area contributed by atoms with Gasteiger partial charge in [0.1, 0.15) is 0 Å². The molecule has 1 saturated heterocycles. The van der Waals surface area contributed by atoms with Crippen LogP contribution in [0.2, 0.25) is 0 Å². The first-order chi connectivity index (χ1) is 7.13. The number of hydrogen-bond donors (Lipinski definition) is 2. The Kier molecular flexibility index (Phi) is 18.1. The average molecular weight is 382 g/mol. The van der Waals surface area contributed by atoms with Crippen molar-refractivity contribution >= 4 is 81.9 Å². The van der Waals surface area contributed by atoms with Crippen molar-refractivity contribution in [1.82, 2.24) is 10.6 Å². The van der Waals surface area contributed by atoms with E-state index in [0.717, 1.165) is 0 Å². The molecular formula is C7H12N2S6Zn. The van der Waals surface area contributed by atoms with Crippen molar-refractivity contribution in [2.24, 2.45) is 0 Å². The minimum Gasteiger partial charge on any atom is -0.412 e. The van der Waals surface area contributed by atoms with Crippen molar-refractivity contribution in [3.63, 3.8) is 0 Å². The Morgan fingerprint density at radius 1 is 0.938 bits per heavy atom. The summed E-state index contributed by atoms with van der Waals surface area (Å²) in [5.74, 6) is 5.52. The van der Waals surface area contributed by atoms with Crippen molar-refractivity contribution in [1.29, 1.82) is 0 Å². The van der Waals surface area contributed by atoms with Gasteiger partial charge in [0.2, 0.25) is 0 Å². The Bertz CT molecular complexity index is 174. The second-order valence-corrected chi connectivity index (χ2v) is 6.93. The van der Waals surface area contributed by atoms with Crippen LogP contribution in [0.1, 0.15) is 0 Å². The summed E-state index contributed by atoms with van der Waals surface area (Å²) >= 11 is 22.3.